The highest BCUT2D eigenvalue weighted by Crippen LogP contribution is 2.29. The molecule has 2 aliphatic rings. The van der Waals surface area contributed by atoms with E-state index in [1.54, 1.807) is 4.90 Å². The van der Waals surface area contributed by atoms with Gasteiger partial charge in [-0.25, -0.2) is 4.79 Å². The number of hydrogen-bond donors (Lipinski definition) is 0. The maximum Gasteiger partial charge on any atom is 0.411 e. The van der Waals surface area contributed by atoms with Crippen LogP contribution < -0.4 is 0 Å². The van der Waals surface area contributed by atoms with E-state index in [-0.39, 0.29) is 24.8 Å². The van der Waals surface area contributed by atoms with Crippen LogP contribution in [0.4, 0.5) is 4.79 Å². The third kappa shape index (κ3) is 3.15. The van der Waals surface area contributed by atoms with Crippen LogP contribution in [-0.4, -0.2) is 36.3 Å². The van der Waals surface area contributed by atoms with Crippen LogP contribution in [-0.2, 0) is 16.1 Å². The predicted octanol–water partition coefficient (Wildman–Crippen LogP) is 2.75. The molecule has 114 valence electrons. The summed E-state index contributed by atoms with van der Waals surface area (Å²) in [6.07, 6.45) is 8.57. The average molecular weight is 297 g/mol. The van der Waals surface area contributed by atoms with Crippen LogP contribution in [0.1, 0.15) is 18.4 Å². The van der Waals surface area contributed by atoms with E-state index < -0.39 is 0 Å². The molecule has 1 saturated heterocycles. The third-order valence-electron chi connectivity index (χ3n) is 4.02. The van der Waals surface area contributed by atoms with Crippen LogP contribution in [0.2, 0.25) is 0 Å². The zero-order valence-electron chi connectivity index (χ0n) is 12.4. The van der Waals surface area contributed by atoms with E-state index in [2.05, 4.69) is 12.0 Å². The summed E-state index contributed by atoms with van der Waals surface area (Å²) in [6, 6.07) is 9.64. The van der Waals surface area contributed by atoms with E-state index in [1.807, 2.05) is 30.3 Å². The normalized spacial score (nSPS) is 23.4. The number of ether oxygens (including phenoxy) is 2. The van der Waals surface area contributed by atoms with Gasteiger partial charge in [-0.05, 0) is 12.0 Å². The zero-order chi connectivity index (χ0) is 15.4. The van der Waals surface area contributed by atoms with Gasteiger partial charge in [0.05, 0.1) is 25.3 Å². The van der Waals surface area contributed by atoms with E-state index in [1.165, 1.54) is 5.57 Å². The van der Waals surface area contributed by atoms with Crippen LogP contribution in [0.3, 0.4) is 0 Å². The van der Waals surface area contributed by atoms with Crippen molar-refractivity contribution in [2.24, 2.45) is 0 Å². The van der Waals surface area contributed by atoms with Gasteiger partial charge in [0.2, 0.25) is 0 Å². The number of amides is 1. The van der Waals surface area contributed by atoms with Gasteiger partial charge in [0.15, 0.2) is 0 Å². The molecular weight excluding hydrogens is 278 g/mol. The lowest BCUT2D eigenvalue weighted by atomic mass is 9.93. The molecular formula is C18H19NO3. The summed E-state index contributed by atoms with van der Waals surface area (Å²) in [4.78, 5) is 14.2. The molecule has 0 aliphatic carbocycles. The largest absolute Gasteiger partial charge is 0.445 e. The molecule has 2 atom stereocenters. The van der Waals surface area contributed by atoms with Crippen LogP contribution in [0.25, 0.3) is 0 Å². The molecule has 22 heavy (non-hydrogen) atoms. The van der Waals surface area contributed by atoms with Crippen LogP contribution in [0.5, 0.6) is 0 Å². The fraction of sp³-hybridized carbons (Fsp3) is 0.389. The number of terminal acetylenes is 1. The summed E-state index contributed by atoms with van der Waals surface area (Å²) in [5.74, 6) is 2.67. The van der Waals surface area contributed by atoms with Gasteiger partial charge in [0.1, 0.15) is 6.61 Å². The lowest BCUT2D eigenvalue weighted by Gasteiger charge is -2.43. The second kappa shape index (κ2) is 6.67. The number of hydrogen-bond acceptors (Lipinski definition) is 3. The van der Waals surface area contributed by atoms with Crippen LogP contribution in [0.15, 0.2) is 42.0 Å². The van der Waals surface area contributed by atoms with Crippen molar-refractivity contribution < 1.29 is 14.3 Å². The number of nitrogens with zero attached hydrogens (tertiary/aromatic N) is 1. The molecule has 2 unspecified atom stereocenters. The summed E-state index contributed by atoms with van der Waals surface area (Å²) in [5.41, 5.74) is 2.20. The summed E-state index contributed by atoms with van der Waals surface area (Å²) in [7, 11) is 0. The monoisotopic (exact) mass is 297 g/mol. The molecule has 0 aromatic heterocycles. The van der Waals surface area contributed by atoms with E-state index in [0.717, 1.165) is 12.0 Å². The molecule has 0 spiro atoms. The van der Waals surface area contributed by atoms with Crippen molar-refractivity contribution in [2.75, 3.05) is 13.2 Å². The molecule has 0 N–H and O–H groups in total. The van der Waals surface area contributed by atoms with Crippen molar-refractivity contribution in [2.45, 2.75) is 31.5 Å². The molecule has 0 radical (unpaired) electrons. The van der Waals surface area contributed by atoms with E-state index in [4.69, 9.17) is 15.9 Å². The summed E-state index contributed by atoms with van der Waals surface area (Å²) in [5, 5.41) is 0. The highest BCUT2D eigenvalue weighted by atomic mass is 16.6. The van der Waals surface area contributed by atoms with Gasteiger partial charge in [0, 0.05) is 6.42 Å². The molecule has 1 aromatic rings. The summed E-state index contributed by atoms with van der Waals surface area (Å²) in [6.45, 7) is 1.33. The van der Waals surface area contributed by atoms with Gasteiger partial charge in [0.25, 0.3) is 0 Å². The molecule has 0 saturated carbocycles. The quantitative estimate of drug-likeness (QED) is 0.636. The predicted molar refractivity (Wildman–Crippen MR) is 83.0 cm³/mol. The van der Waals surface area contributed by atoms with Crippen molar-refractivity contribution >= 4 is 6.09 Å². The first kappa shape index (κ1) is 14.7. The Morgan fingerprint density at radius 1 is 1.36 bits per heavy atom. The Bertz CT molecular complexity index is 603. The zero-order valence-corrected chi connectivity index (χ0v) is 12.4. The highest BCUT2D eigenvalue weighted by Gasteiger charge is 2.38. The smallest absolute Gasteiger partial charge is 0.411 e. The van der Waals surface area contributed by atoms with Gasteiger partial charge in [-0.3, -0.25) is 4.90 Å². The lowest BCUT2D eigenvalue weighted by Crippen LogP contribution is -2.56. The summed E-state index contributed by atoms with van der Waals surface area (Å²) >= 11 is 0. The SMILES string of the molecule is C#CCC1=CC2COCC(C1)N2C(=O)OCc1ccccc1. The fourth-order valence-corrected chi connectivity index (χ4v) is 3.03. The number of fused-ring (bicyclic) bond motifs is 2. The number of morpholine rings is 1. The van der Waals surface area contributed by atoms with Crippen molar-refractivity contribution in [3.8, 4) is 12.3 Å². The second-order valence-corrected chi connectivity index (χ2v) is 5.62. The molecule has 2 aliphatic heterocycles. The second-order valence-electron chi connectivity index (χ2n) is 5.62. The van der Waals surface area contributed by atoms with E-state index in [0.29, 0.717) is 19.6 Å². The van der Waals surface area contributed by atoms with Crippen molar-refractivity contribution in [1.29, 1.82) is 0 Å². The van der Waals surface area contributed by atoms with Gasteiger partial charge in [-0.15, -0.1) is 12.3 Å². The molecule has 2 heterocycles. The Morgan fingerprint density at radius 3 is 2.91 bits per heavy atom. The third-order valence-corrected chi connectivity index (χ3v) is 4.02. The molecule has 1 aromatic carbocycles. The Hall–Kier alpha value is -2.25. The van der Waals surface area contributed by atoms with Crippen molar-refractivity contribution in [1.82, 2.24) is 4.90 Å². The molecule has 1 amide bonds. The van der Waals surface area contributed by atoms with E-state index >= 15 is 0 Å². The van der Waals surface area contributed by atoms with E-state index in [9.17, 15) is 4.79 Å². The highest BCUT2D eigenvalue weighted by molar-refractivity contribution is 5.69. The molecule has 2 bridgehead atoms. The van der Waals surface area contributed by atoms with Gasteiger partial charge in [-0.2, -0.15) is 0 Å². The van der Waals surface area contributed by atoms with Crippen molar-refractivity contribution in [3.63, 3.8) is 0 Å². The molecule has 3 rings (SSSR count). The Kier molecular flexibility index (Phi) is 4.45. The minimum absolute atomic E-state index is 0.0235. The number of benzene rings is 1. The maximum absolute atomic E-state index is 12.4. The Balaban J connectivity index is 1.66. The number of carbonyl (C=O) groups excluding carboxylic acids is 1. The van der Waals surface area contributed by atoms with Gasteiger partial charge in [-0.1, -0.05) is 42.0 Å². The minimum atomic E-state index is -0.279. The number of carbonyl (C=O) groups is 1. The standard InChI is InChI=1S/C18H19NO3/c1-2-6-15-9-16-12-21-13-17(10-15)19(16)18(20)22-11-14-7-4-3-5-8-14/h1,3-5,7-9,16-17H,6,10-13H2. The number of rotatable bonds is 3. The molecule has 4 nitrogen and oxygen atoms in total. The molecule has 1 fully saturated rings. The maximum atomic E-state index is 12.4. The van der Waals surface area contributed by atoms with Crippen molar-refractivity contribution in [3.05, 3.63) is 47.5 Å². The average Bonchev–Trinajstić information content (AvgIpc) is 2.53. The van der Waals surface area contributed by atoms with Gasteiger partial charge < -0.3 is 9.47 Å². The Labute approximate surface area is 130 Å². The van der Waals surface area contributed by atoms with Crippen LogP contribution in [0, 0.1) is 12.3 Å². The lowest BCUT2D eigenvalue weighted by molar-refractivity contribution is -0.0373. The first-order chi connectivity index (χ1) is 10.8. The van der Waals surface area contributed by atoms with Crippen LogP contribution >= 0.6 is 0 Å². The first-order valence-electron chi connectivity index (χ1n) is 7.47. The Morgan fingerprint density at radius 2 is 2.18 bits per heavy atom. The molecule has 4 heteroatoms. The first-order valence-corrected chi connectivity index (χ1v) is 7.47. The van der Waals surface area contributed by atoms with Gasteiger partial charge >= 0.3 is 6.09 Å². The minimum Gasteiger partial charge on any atom is -0.445 e. The fourth-order valence-electron chi connectivity index (χ4n) is 3.03. The topological polar surface area (TPSA) is 38.8 Å². The summed E-state index contributed by atoms with van der Waals surface area (Å²) < 4.78 is 11.0.